The van der Waals surface area contributed by atoms with Gasteiger partial charge in [-0.15, -0.1) is 0 Å². The first-order valence-corrected chi connectivity index (χ1v) is 24.7. The van der Waals surface area contributed by atoms with Crippen LogP contribution in [-0.4, -0.2) is 26.1 Å². The minimum absolute atomic E-state index is 0.337. The summed E-state index contributed by atoms with van der Waals surface area (Å²) in [5, 5.41) is -0.372. The molecule has 0 radical (unpaired) electrons. The van der Waals surface area contributed by atoms with Gasteiger partial charge < -0.3 is 0 Å². The summed E-state index contributed by atoms with van der Waals surface area (Å²) < 4.78 is 1.47. The molecule has 4 aliphatic carbocycles. The third kappa shape index (κ3) is 0.550. The van der Waals surface area contributed by atoms with E-state index in [4.69, 9.17) is 19.9 Å². The van der Waals surface area contributed by atoms with E-state index >= 15 is 0 Å². The predicted molar refractivity (Wildman–Crippen MR) is 168 cm³/mol. The van der Waals surface area contributed by atoms with Crippen LogP contribution < -0.4 is 0 Å². The van der Waals surface area contributed by atoms with Crippen LogP contribution in [0.15, 0.2) is 67.3 Å². The van der Waals surface area contributed by atoms with Crippen LogP contribution in [0.25, 0.3) is 0 Å². The molecule has 14 fully saturated rings. The molecule has 7 heteroatoms. The monoisotopic (exact) mass is 644 g/mol. The van der Waals surface area contributed by atoms with Gasteiger partial charge in [0.15, 0.2) is 0 Å². The van der Waals surface area contributed by atoms with Gasteiger partial charge in [0.05, 0.1) is 0 Å². The maximum atomic E-state index is 5.23. The summed E-state index contributed by atoms with van der Waals surface area (Å²) >= 11 is 0. The first-order valence-electron chi connectivity index (χ1n) is 17.2. The molecule has 7 unspecified atom stereocenters. The van der Waals surface area contributed by atoms with E-state index < -0.39 is 6.51 Å². The molecule has 220 valence electrons. The minimum atomic E-state index is -4.53. The van der Waals surface area contributed by atoms with Gasteiger partial charge in [0.2, 0.25) is 0 Å². The Kier molecular flexibility index (Phi) is 1.73. The fourth-order valence-electron chi connectivity index (χ4n) is 27.4. The van der Waals surface area contributed by atoms with E-state index in [1.165, 1.54) is 38.3 Å². The zero-order chi connectivity index (χ0) is 27.7. The Morgan fingerprint density at radius 2 is 1.21 bits per heavy atom. The molecule has 4 bridgehead atoms. The number of nitrogens with zero attached hydrogens (tertiary/aromatic N) is 4. The van der Waals surface area contributed by atoms with Crippen LogP contribution >= 0.6 is 18.5 Å². The molecule has 1 spiro atoms. The van der Waals surface area contributed by atoms with E-state index in [9.17, 15) is 0 Å². The van der Waals surface area contributed by atoms with Crippen molar-refractivity contribution < 1.29 is 6.51 Å². The van der Waals surface area contributed by atoms with Crippen LogP contribution in [0.1, 0.15) is 49.3 Å². The van der Waals surface area contributed by atoms with Crippen molar-refractivity contribution in [3.05, 3.63) is 84.5 Å². The summed E-state index contributed by atoms with van der Waals surface area (Å²) in [6.07, 6.45) is 17.1. The van der Waals surface area contributed by atoms with Crippen LogP contribution in [0.2, 0.25) is 42.3 Å². The van der Waals surface area contributed by atoms with Gasteiger partial charge in [-0.05, 0) is 0 Å². The molecule has 14 aliphatic rings. The molecule has 7 atom stereocenters. The van der Waals surface area contributed by atoms with E-state index in [2.05, 4.69) is 48.8 Å². The third-order valence-corrected chi connectivity index (χ3v) is 69.7. The van der Waals surface area contributed by atoms with Gasteiger partial charge in [-0.2, -0.15) is 0 Å². The topological polar surface area (TPSA) is 51.6 Å². The van der Waals surface area contributed by atoms with E-state index in [1.807, 2.05) is 36.9 Å². The number of hydrogen-bond donors (Lipinski definition) is 0. The summed E-state index contributed by atoms with van der Waals surface area (Å²) in [4.78, 5) is 28.5. The van der Waals surface area contributed by atoms with Crippen molar-refractivity contribution in [2.75, 3.05) is 6.16 Å². The molecule has 1 aromatic carbocycles. The molecule has 0 amide bonds. The summed E-state index contributed by atoms with van der Waals surface area (Å²) in [6.45, 7) is -4.53. The van der Waals surface area contributed by atoms with E-state index in [1.54, 1.807) is 5.56 Å². The summed E-state index contributed by atoms with van der Waals surface area (Å²) in [5.41, 5.74) is 2.31. The molecule has 4 nitrogen and oxygen atoms in total. The van der Waals surface area contributed by atoms with Crippen LogP contribution in [0.4, 0.5) is 0 Å². The van der Waals surface area contributed by atoms with Gasteiger partial charge >= 0.3 is 249 Å². The van der Waals surface area contributed by atoms with Crippen molar-refractivity contribution >= 4 is 18.5 Å². The fraction of sp³-hybridized carbons (Fsp3) is 0.611. The molecular weight excluding hydrogens is 606 g/mol. The second-order valence-electron chi connectivity index (χ2n) is 19.7. The first kappa shape index (κ1) is 21.5. The van der Waals surface area contributed by atoms with Gasteiger partial charge in [-0.25, -0.2) is 0 Å². The van der Waals surface area contributed by atoms with Crippen molar-refractivity contribution in [2.24, 2.45) is 29.1 Å². The number of hydrogen-bond acceptors (Lipinski definition) is 4. The van der Waals surface area contributed by atoms with Gasteiger partial charge in [-0.1, -0.05) is 0 Å². The Morgan fingerprint density at radius 1 is 0.698 bits per heavy atom. The zero-order valence-corrected chi connectivity index (χ0v) is 27.7. The van der Waals surface area contributed by atoms with Crippen molar-refractivity contribution in [3.8, 4) is 0 Å². The summed E-state index contributed by atoms with van der Waals surface area (Å²) in [7, 11) is 7.09. The van der Waals surface area contributed by atoms with E-state index in [0.29, 0.717) is 18.4 Å². The Labute approximate surface area is 247 Å². The van der Waals surface area contributed by atoms with Crippen LogP contribution in [0.3, 0.4) is 0 Å². The number of benzene rings is 1. The molecule has 3 aromatic rings. The Bertz CT molecular complexity index is 2270. The fourth-order valence-corrected chi connectivity index (χ4v) is 112. The van der Waals surface area contributed by atoms with Crippen LogP contribution in [0, 0.1) is 29.1 Å². The second kappa shape index (κ2) is 3.45. The molecule has 0 N–H and O–H groups in total. The number of aromatic nitrogens is 4. The molecule has 10 aliphatic heterocycles. The molecule has 4 saturated carbocycles. The summed E-state index contributed by atoms with van der Waals surface area (Å²) in [5.74, 6) is 5.96. The molecule has 43 heavy (non-hydrogen) atoms. The van der Waals surface area contributed by atoms with Crippen molar-refractivity contribution in [2.45, 2.75) is 83.9 Å². The average Bonchev–Trinajstić information content (AvgIpc) is 4.00. The molecule has 17 rings (SSSR count). The zero-order valence-electron chi connectivity index (χ0n) is 24.2. The molecule has 2 aromatic heterocycles. The molecule has 10 saturated heterocycles. The maximum absolute atomic E-state index is 5.23. The quantitative estimate of drug-likeness (QED) is 0.202. The SMILES string of the molecule is PCC1([C]23[CH]4[C]5(c6ccccc6)[CH]6[C]2(C(P)(c2ncccn2)c2ncccn2)[Fe]64532789[CH]3[CH]2[CH]7[CH]8[CH]39)C2CC3CC(C2)CC1C3. The first-order chi connectivity index (χ1) is 20.9. The summed E-state index contributed by atoms with van der Waals surface area (Å²) in [6, 6.07) is 16.3. The van der Waals surface area contributed by atoms with Gasteiger partial charge in [0.1, 0.15) is 0 Å². The van der Waals surface area contributed by atoms with E-state index in [-0.39, 0.29) is 5.16 Å². The van der Waals surface area contributed by atoms with Gasteiger partial charge in [-0.3, -0.25) is 0 Å². The van der Waals surface area contributed by atoms with Crippen LogP contribution in [-0.2, 0) is 16.0 Å². The van der Waals surface area contributed by atoms with Crippen molar-refractivity contribution in [1.29, 1.82) is 0 Å². The van der Waals surface area contributed by atoms with Crippen molar-refractivity contribution in [3.63, 3.8) is 0 Å². The Balaban J connectivity index is 1.13. The van der Waals surface area contributed by atoms with Gasteiger partial charge in [0.25, 0.3) is 0 Å². The molecular formula is C36H38FeN4P2. The number of fused-ring (bicyclic) bond motifs is 11. The van der Waals surface area contributed by atoms with Crippen LogP contribution in [0.5, 0.6) is 0 Å². The average molecular weight is 645 g/mol. The molecule has 12 heterocycles. The predicted octanol–water partition coefficient (Wildman–Crippen LogP) is 7.94. The third-order valence-electron chi connectivity index (χ3n) is 24.2. The van der Waals surface area contributed by atoms with E-state index in [0.717, 1.165) is 69.0 Å². The number of rotatable bonds is 6. The Hall–Kier alpha value is -1.24. The standard InChI is InChI=1S/C31H33N4P2.C5H5.Fe/c36-19-30(24-13-20-12-21(15-24)16-25(30)14-20)26-17-23(22-6-2-1-3-7-22)18-27(26)31(37,28-32-8-4-9-33-28)29-34-10-5-11-35-29;1-2-4-5-3-1;/h1-11,17-18,20-21,24-25H,12-16,19,36-37H2;1-5H;. The normalized spacial score (nSPS) is 72.5. The Morgan fingerprint density at radius 3 is 1.67 bits per heavy atom. The van der Waals surface area contributed by atoms with Gasteiger partial charge in [0, 0.05) is 0 Å². The second-order valence-corrected chi connectivity index (χ2v) is 43.9. The van der Waals surface area contributed by atoms with Crippen molar-refractivity contribution in [1.82, 2.24) is 19.9 Å².